The Hall–Kier alpha value is -3.12. The van der Waals surface area contributed by atoms with E-state index in [4.69, 9.17) is 4.74 Å². The fraction of sp³-hybridized carbons (Fsp3) is 0.360. The standard InChI is InChI=1S/C25H29N3O3/c1-16(19-9-6-10-20(11-19)31-15-18-7-4-3-5-8-18)12-27-24(29)21-14-26-23-17(2)13-28-25(30)22(21)23/h3-5,7-8,13-14,19-20,26H,1,6,9-12,15H2,2H3,(H,27,29)(H,28,30). The first-order valence-electron chi connectivity index (χ1n) is 10.8. The van der Waals surface area contributed by atoms with Crippen LogP contribution in [0.2, 0.25) is 0 Å². The summed E-state index contributed by atoms with van der Waals surface area (Å²) in [5.41, 5.74) is 3.86. The minimum Gasteiger partial charge on any atom is -0.374 e. The third-order valence-corrected chi connectivity index (χ3v) is 6.17. The number of hydrogen-bond acceptors (Lipinski definition) is 3. The zero-order valence-electron chi connectivity index (χ0n) is 17.9. The maximum atomic E-state index is 12.7. The van der Waals surface area contributed by atoms with Crippen molar-refractivity contribution in [3.8, 4) is 0 Å². The first-order valence-corrected chi connectivity index (χ1v) is 10.8. The molecule has 4 rings (SSSR count). The van der Waals surface area contributed by atoms with Crippen molar-refractivity contribution in [2.75, 3.05) is 6.54 Å². The predicted octanol–water partition coefficient (Wildman–Crippen LogP) is 4.23. The molecule has 2 atom stereocenters. The summed E-state index contributed by atoms with van der Waals surface area (Å²) < 4.78 is 6.14. The molecule has 1 saturated carbocycles. The minimum absolute atomic E-state index is 0.210. The van der Waals surface area contributed by atoms with Gasteiger partial charge in [-0.15, -0.1) is 0 Å². The third kappa shape index (κ3) is 4.80. The van der Waals surface area contributed by atoms with E-state index in [2.05, 4.69) is 34.0 Å². The number of rotatable bonds is 7. The molecule has 2 aromatic heterocycles. The number of H-pyrrole nitrogens is 2. The van der Waals surface area contributed by atoms with Crippen molar-refractivity contribution >= 4 is 16.8 Å². The van der Waals surface area contributed by atoms with Gasteiger partial charge >= 0.3 is 0 Å². The quantitative estimate of drug-likeness (QED) is 0.501. The summed E-state index contributed by atoms with van der Waals surface area (Å²) in [7, 11) is 0. The number of benzene rings is 1. The SMILES string of the molecule is C=C(CNC(=O)c1c[nH]c2c(C)c[nH]c(=O)c12)C1CCCC(OCc2ccccc2)C1. The normalized spacial score (nSPS) is 18.7. The van der Waals surface area contributed by atoms with Crippen LogP contribution in [0.25, 0.3) is 10.9 Å². The van der Waals surface area contributed by atoms with E-state index in [1.54, 1.807) is 12.4 Å². The Bertz CT molecular complexity index is 1130. The summed E-state index contributed by atoms with van der Waals surface area (Å²) in [5.74, 6) is 0.0552. The number of carbonyl (C=O) groups is 1. The highest BCUT2D eigenvalue weighted by Crippen LogP contribution is 2.31. The molecule has 0 aliphatic heterocycles. The summed E-state index contributed by atoms with van der Waals surface area (Å²) >= 11 is 0. The van der Waals surface area contributed by atoms with Crippen molar-refractivity contribution in [2.24, 2.45) is 5.92 Å². The number of pyridine rings is 1. The van der Waals surface area contributed by atoms with E-state index in [9.17, 15) is 9.59 Å². The molecule has 6 nitrogen and oxygen atoms in total. The van der Waals surface area contributed by atoms with Crippen molar-refractivity contribution in [3.63, 3.8) is 0 Å². The highest BCUT2D eigenvalue weighted by atomic mass is 16.5. The van der Waals surface area contributed by atoms with Crippen molar-refractivity contribution < 1.29 is 9.53 Å². The molecular weight excluding hydrogens is 390 g/mol. The van der Waals surface area contributed by atoms with E-state index in [1.165, 1.54) is 5.56 Å². The molecule has 1 amide bonds. The zero-order valence-corrected chi connectivity index (χ0v) is 17.9. The van der Waals surface area contributed by atoms with Gasteiger partial charge in [0.1, 0.15) is 0 Å². The van der Waals surface area contributed by atoms with E-state index < -0.39 is 0 Å². The molecule has 2 unspecified atom stereocenters. The van der Waals surface area contributed by atoms with Crippen LogP contribution in [0.1, 0.15) is 47.2 Å². The van der Waals surface area contributed by atoms with Gasteiger partial charge in [-0.05, 0) is 43.2 Å². The van der Waals surface area contributed by atoms with Crippen LogP contribution in [0.15, 0.2) is 59.7 Å². The fourth-order valence-electron chi connectivity index (χ4n) is 4.36. The number of hydrogen-bond donors (Lipinski definition) is 3. The number of nitrogens with one attached hydrogen (secondary N) is 3. The third-order valence-electron chi connectivity index (χ3n) is 6.17. The number of ether oxygens (including phenoxy) is 1. The van der Waals surface area contributed by atoms with Crippen LogP contribution in [0.5, 0.6) is 0 Å². The summed E-state index contributed by atoms with van der Waals surface area (Å²) in [5, 5.41) is 3.34. The van der Waals surface area contributed by atoms with Gasteiger partial charge in [0, 0.05) is 18.9 Å². The number of aryl methyl sites for hydroxylation is 1. The molecule has 3 aromatic rings. The van der Waals surface area contributed by atoms with Crippen molar-refractivity contribution in [3.05, 3.63) is 81.9 Å². The molecule has 1 aromatic carbocycles. The van der Waals surface area contributed by atoms with Crippen LogP contribution in [0.3, 0.4) is 0 Å². The largest absolute Gasteiger partial charge is 0.374 e. The molecule has 3 N–H and O–H groups in total. The number of fused-ring (bicyclic) bond motifs is 1. The Morgan fingerprint density at radius 1 is 1.19 bits per heavy atom. The van der Waals surface area contributed by atoms with Gasteiger partial charge in [0.2, 0.25) is 0 Å². The Kier molecular flexibility index (Phi) is 6.37. The average Bonchev–Trinajstić information content (AvgIpc) is 3.26. The van der Waals surface area contributed by atoms with Gasteiger partial charge in [0.05, 0.1) is 29.2 Å². The molecule has 6 heteroatoms. The molecule has 162 valence electrons. The highest BCUT2D eigenvalue weighted by Gasteiger charge is 2.25. The lowest BCUT2D eigenvalue weighted by molar-refractivity contribution is 0.00658. The summed E-state index contributed by atoms with van der Waals surface area (Å²) in [4.78, 5) is 30.7. The predicted molar refractivity (Wildman–Crippen MR) is 122 cm³/mol. The summed E-state index contributed by atoms with van der Waals surface area (Å²) in [6, 6.07) is 10.2. The Morgan fingerprint density at radius 2 is 2.00 bits per heavy atom. The van der Waals surface area contributed by atoms with Crippen LogP contribution in [0, 0.1) is 12.8 Å². The van der Waals surface area contributed by atoms with Crippen LogP contribution in [0.4, 0.5) is 0 Å². The van der Waals surface area contributed by atoms with Gasteiger partial charge in [0.15, 0.2) is 0 Å². The van der Waals surface area contributed by atoms with Crippen molar-refractivity contribution in [1.82, 2.24) is 15.3 Å². The van der Waals surface area contributed by atoms with Crippen molar-refractivity contribution in [1.29, 1.82) is 0 Å². The lowest BCUT2D eigenvalue weighted by Gasteiger charge is -2.30. The van der Waals surface area contributed by atoms with E-state index >= 15 is 0 Å². The fourth-order valence-corrected chi connectivity index (χ4v) is 4.36. The van der Waals surface area contributed by atoms with Crippen LogP contribution in [-0.4, -0.2) is 28.5 Å². The van der Waals surface area contributed by atoms with Gasteiger partial charge in [-0.25, -0.2) is 0 Å². The van der Waals surface area contributed by atoms with E-state index in [0.717, 1.165) is 36.8 Å². The summed E-state index contributed by atoms with van der Waals surface area (Å²) in [6.07, 6.45) is 7.58. The molecule has 0 radical (unpaired) electrons. The monoisotopic (exact) mass is 419 g/mol. The van der Waals surface area contributed by atoms with Crippen molar-refractivity contribution in [2.45, 2.75) is 45.3 Å². The van der Waals surface area contributed by atoms with Gasteiger partial charge in [-0.2, -0.15) is 0 Å². The molecule has 0 spiro atoms. The number of amides is 1. The maximum Gasteiger partial charge on any atom is 0.258 e. The molecule has 2 heterocycles. The van der Waals surface area contributed by atoms with E-state index in [1.807, 2.05) is 25.1 Å². The van der Waals surface area contributed by atoms with Gasteiger partial charge in [-0.1, -0.05) is 48.9 Å². The van der Waals surface area contributed by atoms with E-state index in [-0.39, 0.29) is 17.6 Å². The minimum atomic E-state index is -0.267. The average molecular weight is 420 g/mol. The second-order valence-electron chi connectivity index (χ2n) is 8.38. The molecule has 1 aliphatic rings. The lowest BCUT2D eigenvalue weighted by atomic mass is 9.82. The second kappa shape index (κ2) is 9.35. The first kappa shape index (κ1) is 21.1. The van der Waals surface area contributed by atoms with Gasteiger partial charge in [-0.3, -0.25) is 9.59 Å². The lowest BCUT2D eigenvalue weighted by Crippen LogP contribution is -2.31. The molecule has 31 heavy (non-hydrogen) atoms. The molecular formula is C25H29N3O3. The number of aromatic nitrogens is 2. The molecule has 0 saturated heterocycles. The molecule has 1 aliphatic carbocycles. The topological polar surface area (TPSA) is 87.0 Å². The zero-order chi connectivity index (χ0) is 21.8. The maximum absolute atomic E-state index is 12.7. The van der Waals surface area contributed by atoms with Crippen LogP contribution < -0.4 is 10.9 Å². The Balaban J connectivity index is 1.33. The molecule has 1 fully saturated rings. The Morgan fingerprint density at radius 3 is 2.81 bits per heavy atom. The van der Waals surface area contributed by atoms with Crippen LogP contribution in [-0.2, 0) is 11.3 Å². The van der Waals surface area contributed by atoms with Crippen LogP contribution >= 0.6 is 0 Å². The Labute approximate surface area is 181 Å². The van der Waals surface area contributed by atoms with E-state index in [0.29, 0.717) is 35.5 Å². The smallest absolute Gasteiger partial charge is 0.258 e. The summed E-state index contributed by atoms with van der Waals surface area (Å²) in [6.45, 7) is 7.13. The number of aromatic amines is 2. The number of carbonyl (C=O) groups excluding carboxylic acids is 1. The first-order chi connectivity index (χ1) is 15.0. The second-order valence-corrected chi connectivity index (χ2v) is 8.38. The van der Waals surface area contributed by atoms with Gasteiger partial charge in [0.25, 0.3) is 11.5 Å². The highest BCUT2D eigenvalue weighted by molar-refractivity contribution is 6.07. The molecule has 0 bridgehead atoms. The van der Waals surface area contributed by atoms with Gasteiger partial charge < -0.3 is 20.0 Å².